The van der Waals surface area contributed by atoms with E-state index in [1.807, 2.05) is 32.0 Å². The second kappa shape index (κ2) is 7.96. The minimum atomic E-state index is -0.367. The molecule has 2 aromatic carbocycles. The van der Waals surface area contributed by atoms with Gasteiger partial charge in [-0.05, 0) is 44.2 Å². The molecule has 0 saturated carbocycles. The fourth-order valence-electron chi connectivity index (χ4n) is 3.07. The molecule has 0 amide bonds. The van der Waals surface area contributed by atoms with E-state index in [1.54, 1.807) is 30.3 Å². The Labute approximate surface area is 158 Å². The third-order valence-electron chi connectivity index (χ3n) is 4.33. The number of hydrogen-bond donors (Lipinski definition) is 0. The summed E-state index contributed by atoms with van der Waals surface area (Å²) in [6, 6.07) is 12.5. The Morgan fingerprint density at radius 3 is 2.89 bits per heavy atom. The summed E-state index contributed by atoms with van der Waals surface area (Å²) in [5.41, 5.74) is 2.14. The second-order valence-corrected chi connectivity index (χ2v) is 6.29. The fraction of sp³-hybridized carbons (Fsp3) is 0.273. The number of fused-ring (bicyclic) bond motifs is 1. The van der Waals surface area contributed by atoms with Gasteiger partial charge in [-0.2, -0.15) is 5.26 Å². The van der Waals surface area contributed by atoms with Gasteiger partial charge < -0.3 is 14.2 Å². The Kier molecular flexibility index (Phi) is 5.46. The van der Waals surface area contributed by atoms with Crippen LogP contribution in [0.3, 0.4) is 0 Å². The summed E-state index contributed by atoms with van der Waals surface area (Å²) < 4.78 is 16.7. The molecule has 0 radical (unpaired) electrons. The van der Waals surface area contributed by atoms with Gasteiger partial charge in [0, 0.05) is 23.1 Å². The summed E-state index contributed by atoms with van der Waals surface area (Å²) in [6.45, 7) is 4.39. The van der Waals surface area contributed by atoms with Crippen LogP contribution >= 0.6 is 0 Å². The van der Waals surface area contributed by atoms with E-state index in [4.69, 9.17) is 14.2 Å². The highest BCUT2D eigenvalue weighted by Gasteiger charge is 2.22. The summed E-state index contributed by atoms with van der Waals surface area (Å²) >= 11 is 0. The lowest BCUT2D eigenvalue weighted by atomic mass is 10.00. The molecule has 1 unspecified atom stereocenters. The number of allylic oxidation sites excluding steroid dienone is 1. The van der Waals surface area contributed by atoms with Gasteiger partial charge in [0.25, 0.3) is 0 Å². The van der Waals surface area contributed by atoms with E-state index in [1.165, 1.54) is 7.11 Å². The molecule has 5 heteroatoms. The minimum Gasteiger partial charge on any atom is -0.497 e. The lowest BCUT2D eigenvalue weighted by molar-refractivity contribution is 0.103. The molecule has 0 bridgehead atoms. The Bertz CT molecular complexity index is 940. The molecule has 0 saturated heterocycles. The number of nitriles is 1. The molecule has 1 aliphatic heterocycles. The largest absolute Gasteiger partial charge is 0.497 e. The smallest absolute Gasteiger partial charge is 0.203 e. The highest BCUT2D eigenvalue weighted by molar-refractivity contribution is 6.14. The molecular formula is C22H21NO4. The first-order chi connectivity index (χ1) is 13.0. The standard InChI is InChI=1S/C22H21NO4/c1-4-26-20-11-16-8-14(2)27-21(16)12-17(20)9-18(13-23)22(24)15-6-5-7-19(10-15)25-3/h5-7,9-12,14H,4,8H2,1-3H3/b18-9+. The number of hydrogen-bond acceptors (Lipinski definition) is 5. The SMILES string of the molecule is CCOc1cc2c(cc1/C=C(\C#N)C(=O)c1cccc(OC)c1)OC(C)C2. The van der Waals surface area contributed by atoms with Crippen LogP contribution in [-0.2, 0) is 6.42 Å². The highest BCUT2D eigenvalue weighted by Crippen LogP contribution is 2.36. The van der Waals surface area contributed by atoms with Gasteiger partial charge in [-0.25, -0.2) is 0 Å². The van der Waals surface area contributed by atoms with Crippen LogP contribution in [0.25, 0.3) is 6.08 Å². The van der Waals surface area contributed by atoms with E-state index in [0.29, 0.717) is 29.2 Å². The van der Waals surface area contributed by atoms with Crippen molar-refractivity contribution < 1.29 is 19.0 Å². The lowest BCUT2D eigenvalue weighted by Crippen LogP contribution is -2.05. The van der Waals surface area contributed by atoms with E-state index in [-0.39, 0.29) is 17.5 Å². The highest BCUT2D eigenvalue weighted by atomic mass is 16.5. The molecule has 3 rings (SSSR count). The molecule has 5 nitrogen and oxygen atoms in total. The molecule has 1 heterocycles. The number of nitrogens with zero attached hydrogens (tertiary/aromatic N) is 1. The Hall–Kier alpha value is -3.26. The number of carbonyl (C=O) groups excluding carboxylic acids is 1. The van der Waals surface area contributed by atoms with Crippen LogP contribution in [-0.4, -0.2) is 25.6 Å². The van der Waals surface area contributed by atoms with Crippen LogP contribution in [0, 0.1) is 11.3 Å². The van der Waals surface area contributed by atoms with Gasteiger partial charge >= 0.3 is 0 Å². The van der Waals surface area contributed by atoms with E-state index in [2.05, 4.69) is 0 Å². The number of methoxy groups -OCH3 is 1. The van der Waals surface area contributed by atoms with Crippen LogP contribution in [0.4, 0.5) is 0 Å². The predicted molar refractivity (Wildman–Crippen MR) is 102 cm³/mol. The maximum atomic E-state index is 12.8. The second-order valence-electron chi connectivity index (χ2n) is 6.29. The molecule has 1 atom stereocenters. The first-order valence-electron chi connectivity index (χ1n) is 8.82. The Morgan fingerprint density at radius 2 is 2.19 bits per heavy atom. The van der Waals surface area contributed by atoms with Gasteiger partial charge in [0.05, 0.1) is 13.7 Å². The van der Waals surface area contributed by atoms with Crippen molar-refractivity contribution >= 4 is 11.9 Å². The topological polar surface area (TPSA) is 68.5 Å². The van der Waals surface area contributed by atoms with Gasteiger partial charge in [-0.15, -0.1) is 0 Å². The number of ketones is 1. The summed E-state index contributed by atoms with van der Waals surface area (Å²) in [5, 5.41) is 9.56. The summed E-state index contributed by atoms with van der Waals surface area (Å²) in [5.74, 6) is 1.60. The van der Waals surface area contributed by atoms with Crippen molar-refractivity contribution in [2.24, 2.45) is 0 Å². The molecular weight excluding hydrogens is 342 g/mol. The molecule has 138 valence electrons. The average molecular weight is 363 g/mol. The average Bonchev–Trinajstić information content (AvgIpc) is 3.04. The van der Waals surface area contributed by atoms with Crippen LogP contribution in [0.5, 0.6) is 17.2 Å². The monoisotopic (exact) mass is 363 g/mol. The predicted octanol–water partition coefficient (Wildman–Crippen LogP) is 4.21. The zero-order valence-electron chi connectivity index (χ0n) is 15.6. The molecule has 0 aliphatic carbocycles. The molecule has 1 aliphatic rings. The van der Waals surface area contributed by atoms with Gasteiger partial charge in [0.15, 0.2) is 0 Å². The van der Waals surface area contributed by atoms with E-state index >= 15 is 0 Å². The zero-order valence-corrected chi connectivity index (χ0v) is 15.6. The number of Topliss-reactive ketones (excluding diaryl/α,β-unsaturated/α-hetero) is 1. The number of carbonyl (C=O) groups is 1. The Morgan fingerprint density at radius 1 is 1.37 bits per heavy atom. The maximum Gasteiger partial charge on any atom is 0.203 e. The number of ether oxygens (including phenoxy) is 3. The quantitative estimate of drug-likeness (QED) is 0.437. The van der Waals surface area contributed by atoms with Crippen LogP contribution in [0.1, 0.15) is 35.3 Å². The summed E-state index contributed by atoms with van der Waals surface area (Å²) in [7, 11) is 1.53. The summed E-state index contributed by atoms with van der Waals surface area (Å²) in [4.78, 5) is 12.8. The third kappa shape index (κ3) is 3.95. The number of rotatable bonds is 6. The van der Waals surface area contributed by atoms with E-state index in [9.17, 15) is 10.1 Å². The molecule has 0 aromatic heterocycles. The summed E-state index contributed by atoms with van der Waals surface area (Å²) in [6.07, 6.45) is 2.47. The molecule has 0 N–H and O–H groups in total. The number of benzene rings is 2. The van der Waals surface area contributed by atoms with Crippen molar-refractivity contribution in [1.29, 1.82) is 5.26 Å². The zero-order chi connectivity index (χ0) is 19.4. The van der Waals surface area contributed by atoms with Crippen molar-refractivity contribution in [3.63, 3.8) is 0 Å². The normalized spacial score (nSPS) is 15.5. The van der Waals surface area contributed by atoms with E-state index in [0.717, 1.165) is 17.7 Å². The van der Waals surface area contributed by atoms with Crippen LogP contribution in [0.15, 0.2) is 42.0 Å². The molecule has 27 heavy (non-hydrogen) atoms. The van der Waals surface area contributed by atoms with E-state index < -0.39 is 0 Å². The van der Waals surface area contributed by atoms with Gasteiger partial charge in [-0.1, -0.05) is 12.1 Å². The maximum absolute atomic E-state index is 12.8. The van der Waals surface area contributed by atoms with Gasteiger partial charge in [-0.3, -0.25) is 4.79 Å². The third-order valence-corrected chi connectivity index (χ3v) is 4.33. The van der Waals surface area contributed by atoms with Gasteiger partial charge in [0.2, 0.25) is 5.78 Å². The van der Waals surface area contributed by atoms with Crippen molar-refractivity contribution in [2.45, 2.75) is 26.4 Å². The molecule has 2 aromatic rings. The van der Waals surface area contributed by atoms with Crippen LogP contribution < -0.4 is 14.2 Å². The van der Waals surface area contributed by atoms with Crippen molar-refractivity contribution in [2.75, 3.05) is 13.7 Å². The van der Waals surface area contributed by atoms with Crippen molar-refractivity contribution in [1.82, 2.24) is 0 Å². The lowest BCUT2D eigenvalue weighted by Gasteiger charge is -2.10. The van der Waals surface area contributed by atoms with Crippen molar-refractivity contribution in [3.05, 3.63) is 58.7 Å². The van der Waals surface area contributed by atoms with Crippen molar-refractivity contribution in [3.8, 4) is 23.3 Å². The fourth-order valence-corrected chi connectivity index (χ4v) is 3.07. The first kappa shape index (κ1) is 18.5. The van der Waals surface area contributed by atoms with Gasteiger partial charge in [0.1, 0.15) is 35.0 Å². The molecule has 0 spiro atoms. The molecule has 0 fully saturated rings. The Balaban J connectivity index is 2.01. The first-order valence-corrected chi connectivity index (χ1v) is 8.82. The minimum absolute atomic E-state index is 0.0233. The van der Waals surface area contributed by atoms with Crippen LogP contribution in [0.2, 0.25) is 0 Å².